The molecule has 0 amide bonds. The molecule has 9 nitrogen and oxygen atoms in total. The van der Waals surface area contributed by atoms with Crippen molar-refractivity contribution < 1.29 is 39.5 Å². The summed E-state index contributed by atoms with van der Waals surface area (Å²) in [6.07, 6.45) is 0.0252. The molecule has 0 aliphatic heterocycles. The van der Waals surface area contributed by atoms with E-state index in [2.05, 4.69) is 0 Å². The molecule has 0 aliphatic rings. The Morgan fingerprint density at radius 2 is 1.22 bits per heavy atom. The molecule has 0 heterocycles. The summed E-state index contributed by atoms with van der Waals surface area (Å²) in [7, 11) is -8.14. The standard InChI is InChI=1S/C8H19O9PS3.2Na.2H/c1-2-15-18(19,16-5-3-7-20(9,10)11)17-6-4-8-21(12,13)14;;;;/h2-8H2,1H3,(H,9,10,11)(H,12,13,14);;;;. The molecule has 0 spiro atoms. The molecular formula is C8H21Na2O9PS3. The molecule has 132 valence electrons. The summed E-state index contributed by atoms with van der Waals surface area (Å²) < 4.78 is 74.8. The van der Waals surface area contributed by atoms with Gasteiger partial charge in [0.25, 0.3) is 20.2 Å². The van der Waals surface area contributed by atoms with Gasteiger partial charge in [0.1, 0.15) is 0 Å². The predicted octanol–water partition coefficient (Wildman–Crippen LogP) is -0.461. The minimum absolute atomic E-state index is 0. The average Bonchev–Trinajstić information content (AvgIpc) is 2.29. The van der Waals surface area contributed by atoms with Crippen LogP contribution in [-0.2, 0) is 45.6 Å². The van der Waals surface area contributed by atoms with Gasteiger partial charge in [0.05, 0.1) is 31.3 Å². The fourth-order valence-electron chi connectivity index (χ4n) is 1.11. The quantitative estimate of drug-likeness (QED) is 0.180. The van der Waals surface area contributed by atoms with Crippen molar-refractivity contribution in [2.24, 2.45) is 0 Å². The van der Waals surface area contributed by atoms with Gasteiger partial charge in [-0.05, 0) is 31.6 Å². The molecule has 2 N–H and O–H groups in total. The van der Waals surface area contributed by atoms with Gasteiger partial charge in [0, 0.05) is 0 Å². The second-order valence-corrected chi connectivity index (χ2v) is 9.97. The van der Waals surface area contributed by atoms with Gasteiger partial charge in [0.2, 0.25) is 0 Å². The van der Waals surface area contributed by atoms with Gasteiger partial charge in [-0.1, -0.05) is 0 Å². The maximum absolute atomic E-state index is 10.5. The van der Waals surface area contributed by atoms with Crippen LogP contribution in [-0.4, -0.2) is 116 Å². The molecule has 0 saturated heterocycles. The van der Waals surface area contributed by atoms with Crippen LogP contribution >= 0.6 is 6.72 Å². The van der Waals surface area contributed by atoms with Gasteiger partial charge < -0.3 is 13.6 Å². The first-order chi connectivity index (χ1) is 9.47. The normalized spacial score (nSPS) is 12.3. The Morgan fingerprint density at radius 3 is 1.48 bits per heavy atom. The number of rotatable bonds is 12. The first-order valence-corrected chi connectivity index (χ1v) is 11.7. The Balaban J connectivity index is -0.00000200. The van der Waals surface area contributed by atoms with E-state index in [1.54, 1.807) is 6.92 Å². The van der Waals surface area contributed by atoms with E-state index in [9.17, 15) is 16.8 Å². The SMILES string of the molecule is CCOP(=S)(OCCCS(=O)(=O)O)OCCCS(=O)(=O)O.[NaH].[NaH]. The third kappa shape index (κ3) is 20.5. The zero-order valence-corrected chi connectivity index (χ0v) is 14.7. The molecule has 0 bridgehead atoms. The van der Waals surface area contributed by atoms with E-state index in [-0.39, 0.29) is 91.8 Å². The fraction of sp³-hybridized carbons (Fsp3) is 1.00. The zero-order chi connectivity index (χ0) is 16.6. The molecule has 0 saturated carbocycles. The predicted molar refractivity (Wildman–Crippen MR) is 94.2 cm³/mol. The van der Waals surface area contributed by atoms with Crippen LogP contribution < -0.4 is 0 Å². The molecule has 0 aromatic rings. The van der Waals surface area contributed by atoms with Crippen LogP contribution in [0.15, 0.2) is 0 Å². The second kappa shape index (κ2) is 14.4. The Morgan fingerprint density at radius 1 is 0.870 bits per heavy atom. The molecule has 0 unspecified atom stereocenters. The van der Waals surface area contributed by atoms with Gasteiger partial charge in [-0.3, -0.25) is 9.11 Å². The van der Waals surface area contributed by atoms with Crippen molar-refractivity contribution in [1.82, 2.24) is 0 Å². The number of hydrogen-bond acceptors (Lipinski definition) is 8. The van der Waals surface area contributed by atoms with E-state index in [0.717, 1.165) is 0 Å². The Bertz CT molecular complexity index is 507. The Labute approximate surface area is 186 Å². The fourth-order valence-corrected chi connectivity index (χ4v) is 4.08. The molecule has 0 aliphatic carbocycles. The molecule has 0 radical (unpaired) electrons. The van der Waals surface area contributed by atoms with Crippen molar-refractivity contribution in [3.8, 4) is 0 Å². The van der Waals surface area contributed by atoms with Crippen LogP contribution in [0.5, 0.6) is 0 Å². The third-order valence-corrected chi connectivity index (χ3v) is 6.01. The van der Waals surface area contributed by atoms with Gasteiger partial charge in [0.15, 0.2) is 0 Å². The monoisotopic (exact) mass is 434 g/mol. The Hall–Kier alpha value is 2.35. The molecule has 0 atom stereocenters. The third-order valence-electron chi connectivity index (χ3n) is 1.88. The average molecular weight is 434 g/mol. The summed E-state index contributed by atoms with van der Waals surface area (Å²) in [5.41, 5.74) is 0. The van der Waals surface area contributed by atoms with E-state index in [0.29, 0.717) is 0 Å². The van der Waals surface area contributed by atoms with Crippen molar-refractivity contribution in [3.63, 3.8) is 0 Å². The van der Waals surface area contributed by atoms with Gasteiger partial charge in [-0.2, -0.15) is 16.8 Å². The van der Waals surface area contributed by atoms with Crippen molar-refractivity contribution in [2.75, 3.05) is 31.3 Å². The molecule has 0 aromatic heterocycles. The summed E-state index contributed by atoms with van der Waals surface area (Å²) in [5, 5.41) is 0. The molecular weight excluding hydrogens is 413 g/mol. The molecule has 0 aromatic carbocycles. The minimum atomic E-state index is -4.07. The van der Waals surface area contributed by atoms with Crippen molar-refractivity contribution in [3.05, 3.63) is 0 Å². The van der Waals surface area contributed by atoms with Crippen LogP contribution in [0.3, 0.4) is 0 Å². The first-order valence-electron chi connectivity index (χ1n) is 5.91. The van der Waals surface area contributed by atoms with Crippen molar-refractivity contribution >= 4 is 97.9 Å². The summed E-state index contributed by atoms with van der Waals surface area (Å²) in [6, 6.07) is 0. The zero-order valence-electron chi connectivity index (χ0n) is 11.4. The van der Waals surface area contributed by atoms with Gasteiger partial charge in [-0.15, -0.1) is 0 Å². The topological polar surface area (TPSA) is 136 Å². The van der Waals surface area contributed by atoms with E-state index < -0.39 is 38.5 Å². The van der Waals surface area contributed by atoms with Crippen LogP contribution in [0.4, 0.5) is 0 Å². The second-order valence-electron chi connectivity index (χ2n) is 3.81. The van der Waals surface area contributed by atoms with E-state index in [4.69, 9.17) is 34.5 Å². The van der Waals surface area contributed by atoms with Crippen molar-refractivity contribution in [1.29, 1.82) is 0 Å². The van der Waals surface area contributed by atoms with Gasteiger partial charge >= 0.3 is 65.8 Å². The summed E-state index contributed by atoms with van der Waals surface area (Å²) in [4.78, 5) is 0. The number of hydrogen-bond donors (Lipinski definition) is 2. The summed E-state index contributed by atoms with van der Waals surface area (Å²) in [6.45, 7) is -1.42. The maximum atomic E-state index is 10.5. The molecule has 15 heteroatoms. The van der Waals surface area contributed by atoms with Crippen LogP contribution in [0.2, 0.25) is 0 Å². The van der Waals surface area contributed by atoms with Crippen molar-refractivity contribution in [2.45, 2.75) is 19.8 Å². The summed E-state index contributed by atoms with van der Waals surface area (Å²) in [5.74, 6) is -0.950. The van der Waals surface area contributed by atoms with E-state index in [1.807, 2.05) is 0 Å². The van der Waals surface area contributed by atoms with Crippen LogP contribution in [0, 0.1) is 0 Å². The van der Waals surface area contributed by atoms with E-state index in [1.165, 1.54) is 0 Å². The molecule has 0 rings (SSSR count). The first kappa shape index (κ1) is 30.1. The van der Waals surface area contributed by atoms with E-state index >= 15 is 0 Å². The van der Waals surface area contributed by atoms with Gasteiger partial charge in [-0.25, -0.2) is 0 Å². The van der Waals surface area contributed by atoms with Crippen LogP contribution in [0.1, 0.15) is 19.8 Å². The Kier molecular flexibility index (Phi) is 18.9. The summed E-state index contributed by atoms with van der Waals surface area (Å²) >= 11 is 5.04. The van der Waals surface area contributed by atoms with Crippen LogP contribution in [0.25, 0.3) is 0 Å². The molecule has 0 fully saturated rings. The molecule has 23 heavy (non-hydrogen) atoms.